The molecule has 0 aromatic rings. The van der Waals surface area contributed by atoms with Crippen LogP contribution in [-0.2, 0) is 38.1 Å². The number of hydrogen-bond acceptors (Lipinski definition) is 10. The number of halogens is 1. The largest absolute Gasteiger partial charge is 0.459 e. The van der Waals surface area contributed by atoms with Crippen molar-refractivity contribution in [3.05, 3.63) is 12.2 Å². The topological polar surface area (TPSA) is 144 Å². The summed E-state index contributed by atoms with van der Waals surface area (Å²) in [6.07, 6.45) is -6.05. The van der Waals surface area contributed by atoms with Gasteiger partial charge in [0, 0.05) is 30.6 Å². The number of hydrogen-bond donors (Lipinski definition) is 2. The Morgan fingerprint density at radius 2 is 1.84 bits per heavy atom. The van der Waals surface area contributed by atoms with Gasteiger partial charge in [-0.15, -0.1) is 11.6 Å². The summed E-state index contributed by atoms with van der Waals surface area (Å²) in [6.45, 7) is 12.2. The Labute approximate surface area is 220 Å². The second-order valence-electron chi connectivity index (χ2n) is 11.4. The van der Waals surface area contributed by atoms with Crippen LogP contribution in [0.1, 0.15) is 47.5 Å². The van der Waals surface area contributed by atoms with Gasteiger partial charge in [0.1, 0.15) is 30.5 Å². The molecular weight excluding hydrogens is 508 g/mol. The maximum absolute atomic E-state index is 12.9. The molecule has 11 heteroatoms. The van der Waals surface area contributed by atoms with Crippen LogP contribution in [0.5, 0.6) is 0 Å². The summed E-state index contributed by atoms with van der Waals surface area (Å²) in [5.41, 5.74) is -2.86. The first kappa shape index (κ1) is 26.9. The zero-order valence-electron chi connectivity index (χ0n) is 21.6. The summed E-state index contributed by atoms with van der Waals surface area (Å²) in [4.78, 5) is 37.9. The minimum Gasteiger partial charge on any atom is -0.459 e. The monoisotopic (exact) mass is 542 g/mol. The Bertz CT molecular complexity index is 1020. The van der Waals surface area contributed by atoms with Crippen LogP contribution >= 0.6 is 11.6 Å². The number of aliphatic hydroxyl groups is 2. The SMILES string of the molecule is C=C1C(Cl)C2OC(=O)C(C)C2(O)C(OC(C)=O)C2C(C)C(OC(=O)CCC)C3OC3C2(C)C(O)C2OC12. The Hall–Kier alpha value is -1.72. The maximum Gasteiger partial charge on any atom is 0.312 e. The van der Waals surface area contributed by atoms with E-state index in [1.807, 2.05) is 13.8 Å². The van der Waals surface area contributed by atoms with Gasteiger partial charge in [-0.3, -0.25) is 14.4 Å². The molecule has 0 aromatic carbocycles. The molecule has 0 radical (unpaired) electrons. The zero-order chi connectivity index (χ0) is 27.2. The molecule has 5 aliphatic rings. The Morgan fingerprint density at radius 1 is 1.16 bits per heavy atom. The fraction of sp³-hybridized carbons (Fsp3) is 0.808. The molecule has 0 amide bonds. The number of carbonyl (C=O) groups excluding carboxylic acids is 3. The molecule has 10 nitrogen and oxygen atoms in total. The average Bonchev–Trinajstić information content (AvgIpc) is 3.75. The normalized spacial score (nSPS) is 52.0. The zero-order valence-corrected chi connectivity index (χ0v) is 22.3. The third-order valence-corrected chi connectivity index (χ3v) is 9.78. The molecule has 5 fully saturated rings. The summed E-state index contributed by atoms with van der Waals surface area (Å²) in [7, 11) is 0. The molecule has 14 unspecified atom stereocenters. The molecule has 206 valence electrons. The summed E-state index contributed by atoms with van der Waals surface area (Å²) in [5, 5.41) is 23.0. The molecular formula is C26H35ClO10. The van der Waals surface area contributed by atoms with E-state index >= 15 is 0 Å². The predicted octanol–water partition coefficient (Wildman–Crippen LogP) is 1.27. The van der Waals surface area contributed by atoms with Crippen LogP contribution in [0.15, 0.2) is 12.2 Å². The molecule has 2 N–H and O–H groups in total. The van der Waals surface area contributed by atoms with Crippen molar-refractivity contribution in [2.75, 3.05) is 0 Å². The molecule has 5 rings (SSSR count). The fourth-order valence-corrected chi connectivity index (χ4v) is 7.53. The van der Waals surface area contributed by atoms with Gasteiger partial charge in [-0.25, -0.2) is 0 Å². The van der Waals surface area contributed by atoms with Gasteiger partial charge >= 0.3 is 17.9 Å². The number of aliphatic hydroxyl groups excluding tert-OH is 1. The Morgan fingerprint density at radius 3 is 2.46 bits per heavy atom. The molecule has 0 spiro atoms. The lowest BCUT2D eigenvalue weighted by Crippen LogP contribution is -2.69. The van der Waals surface area contributed by atoms with Crippen LogP contribution in [0, 0.1) is 23.2 Å². The van der Waals surface area contributed by atoms with Crippen molar-refractivity contribution in [3.63, 3.8) is 0 Å². The van der Waals surface area contributed by atoms with Gasteiger partial charge in [-0.2, -0.15) is 0 Å². The lowest BCUT2D eigenvalue weighted by Gasteiger charge is -2.54. The van der Waals surface area contributed by atoms with Gasteiger partial charge in [-0.05, 0) is 18.9 Å². The van der Waals surface area contributed by atoms with Crippen LogP contribution in [0.2, 0.25) is 0 Å². The molecule has 2 aliphatic carbocycles. The van der Waals surface area contributed by atoms with E-state index in [-0.39, 0.29) is 6.42 Å². The number of alkyl halides is 1. The Balaban J connectivity index is 1.67. The van der Waals surface area contributed by atoms with Crippen molar-refractivity contribution < 1.29 is 48.3 Å². The van der Waals surface area contributed by atoms with E-state index in [0.717, 1.165) is 0 Å². The van der Waals surface area contributed by atoms with E-state index in [0.29, 0.717) is 12.0 Å². The molecule has 3 aliphatic heterocycles. The summed E-state index contributed by atoms with van der Waals surface area (Å²) < 4.78 is 29.2. The average molecular weight is 543 g/mol. The number of carbonyl (C=O) groups is 3. The van der Waals surface area contributed by atoms with E-state index in [1.54, 1.807) is 6.92 Å². The maximum atomic E-state index is 12.9. The van der Waals surface area contributed by atoms with Crippen LogP contribution in [-0.4, -0.2) is 87.9 Å². The smallest absolute Gasteiger partial charge is 0.312 e. The van der Waals surface area contributed by atoms with E-state index in [4.69, 9.17) is 35.3 Å². The standard InChI is InChI=1S/C26H35ClO10/c1-7-8-13(29)34-16-9(2)14-21(33-12(5)28)26(32)11(4)24(31)37-22(26)15(27)10(3)17-18(35-17)20(30)25(14,6)23-19(16)36-23/h9,11,14-23,30,32H,3,7-8H2,1-2,4-6H3. The lowest BCUT2D eigenvalue weighted by atomic mass is 9.53. The van der Waals surface area contributed by atoms with Crippen molar-refractivity contribution in [2.45, 2.75) is 107 Å². The highest BCUT2D eigenvalue weighted by molar-refractivity contribution is 6.23. The van der Waals surface area contributed by atoms with E-state index in [2.05, 4.69) is 6.58 Å². The fourth-order valence-electron chi connectivity index (χ4n) is 7.15. The van der Waals surface area contributed by atoms with Crippen LogP contribution < -0.4 is 0 Å². The molecule has 3 heterocycles. The van der Waals surface area contributed by atoms with Crippen molar-refractivity contribution in [1.29, 1.82) is 0 Å². The molecule has 0 bridgehead atoms. The number of epoxide rings is 2. The third-order valence-electron chi connectivity index (χ3n) is 9.27. The van der Waals surface area contributed by atoms with E-state index < -0.39 is 101 Å². The van der Waals surface area contributed by atoms with E-state index in [9.17, 15) is 24.6 Å². The van der Waals surface area contributed by atoms with Crippen molar-refractivity contribution in [1.82, 2.24) is 0 Å². The lowest BCUT2D eigenvalue weighted by molar-refractivity contribution is -0.223. The number of rotatable bonds is 4. The van der Waals surface area contributed by atoms with Gasteiger partial charge in [0.25, 0.3) is 0 Å². The first-order chi connectivity index (χ1) is 17.3. The molecule has 0 aromatic heterocycles. The highest BCUT2D eigenvalue weighted by Crippen LogP contribution is 2.63. The second kappa shape index (κ2) is 8.91. The van der Waals surface area contributed by atoms with E-state index in [1.165, 1.54) is 13.8 Å². The van der Waals surface area contributed by atoms with Gasteiger partial charge < -0.3 is 33.9 Å². The highest BCUT2D eigenvalue weighted by atomic mass is 35.5. The summed E-state index contributed by atoms with van der Waals surface area (Å²) in [5.74, 6) is -4.32. The van der Waals surface area contributed by atoms with Crippen molar-refractivity contribution in [3.8, 4) is 0 Å². The van der Waals surface area contributed by atoms with Crippen molar-refractivity contribution in [2.24, 2.45) is 23.2 Å². The first-order valence-electron chi connectivity index (χ1n) is 12.9. The molecule has 2 saturated carbocycles. The quantitative estimate of drug-likeness (QED) is 0.175. The van der Waals surface area contributed by atoms with Crippen molar-refractivity contribution >= 4 is 29.5 Å². The predicted molar refractivity (Wildman–Crippen MR) is 127 cm³/mol. The minimum atomic E-state index is -2.08. The molecule has 14 atom stereocenters. The first-order valence-corrected chi connectivity index (χ1v) is 13.3. The van der Waals surface area contributed by atoms with Gasteiger partial charge in [-0.1, -0.05) is 27.4 Å². The Kier molecular flexibility index (Phi) is 6.47. The van der Waals surface area contributed by atoms with Crippen LogP contribution in [0.3, 0.4) is 0 Å². The minimum absolute atomic E-state index is 0.220. The van der Waals surface area contributed by atoms with Crippen LogP contribution in [0.25, 0.3) is 0 Å². The third kappa shape index (κ3) is 3.77. The number of fused-ring (bicyclic) bond motifs is 5. The molecule has 3 saturated heterocycles. The van der Waals surface area contributed by atoms with Crippen LogP contribution in [0.4, 0.5) is 0 Å². The summed E-state index contributed by atoms with van der Waals surface area (Å²) >= 11 is 6.74. The number of esters is 3. The summed E-state index contributed by atoms with van der Waals surface area (Å²) in [6, 6.07) is 0. The van der Waals surface area contributed by atoms with Gasteiger partial charge in [0.05, 0.1) is 23.5 Å². The second-order valence-corrected chi connectivity index (χ2v) is 11.9. The molecule has 37 heavy (non-hydrogen) atoms. The number of ether oxygens (including phenoxy) is 5. The van der Waals surface area contributed by atoms with Gasteiger partial charge in [0.15, 0.2) is 11.7 Å². The highest BCUT2D eigenvalue weighted by Gasteiger charge is 2.77. The van der Waals surface area contributed by atoms with Gasteiger partial charge in [0.2, 0.25) is 0 Å².